The molecule has 0 bridgehead atoms. The van der Waals surface area contributed by atoms with Crippen molar-refractivity contribution in [3.63, 3.8) is 0 Å². The van der Waals surface area contributed by atoms with Crippen LogP contribution in [-0.4, -0.2) is 33.3 Å². The van der Waals surface area contributed by atoms with E-state index in [9.17, 15) is 0 Å². The maximum Gasteiger partial charge on any atom is 0.122 e. The van der Waals surface area contributed by atoms with Crippen LogP contribution in [0.15, 0.2) is 24.3 Å². The summed E-state index contributed by atoms with van der Waals surface area (Å²) in [4.78, 5) is 2.11. The van der Waals surface area contributed by atoms with Crippen LogP contribution >= 0.6 is 0 Å². The van der Waals surface area contributed by atoms with Gasteiger partial charge in [-0.05, 0) is 51.4 Å². The molecule has 1 aromatic carbocycles. The summed E-state index contributed by atoms with van der Waals surface area (Å²) in [5.74, 6) is 0.997. The Hall–Kier alpha value is -1.22. The molecule has 0 amide bonds. The van der Waals surface area contributed by atoms with Crippen molar-refractivity contribution >= 4 is 5.69 Å². The van der Waals surface area contributed by atoms with E-state index >= 15 is 0 Å². The maximum absolute atomic E-state index is 6.26. The quantitative estimate of drug-likeness (QED) is 0.837. The lowest BCUT2D eigenvalue weighted by Gasteiger charge is -2.42. The first-order chi connectivity index (χ1) is 8.65. The zero-order valence-corrected chi connectivity index (χ0v) is 11.7. The molecule has 0 aliphatic heterocycles. The van der Waals surface area contributed by atoms with E-state index in [4.69, 9.17) is 4.74 Å². The first-order valence-corrected chi connectivity index (χ1v) is 6.76. The number of anilines is 1. The molecule has 0 unspecified atom stereocenters. The van der Waals surface area contributed by atoms with Crippen LogP contribution in [0, 0.1) is 0 Å². The third kappa shape index (κ3) is 2.96. The summed E-state index contributed by atoms with van der Waals surface area (Å²) in [6, 6.07) is 8.36. The van der Waals surface area contributed by atoms with Gasteiger partial charge in [0.25, 0.3) is 0 Å². The van der Waals surface area contributed by atoms with Crippen LogP contribution in [0.1, 0.15) is 25.7 Å². The van der Waals surface area contributed by atoms with Gasteiger partial charge in [0.05, 0.1) is 0 Å². The van der Waals surface area contributed by atoms with Gasteiger partial charge < -0.3 is 15.0 Å². The standard InChI is InChI=1S/C15H24N2O/c1-16-11-10-15(8-5-9-15)18-14-7-4-6-13(12-14)17(2)3/h4,6-7,12,16H,5,8-11H2,1-3H3. The first-order valence-electron chi connectivity index (χ1n) is 6.76. The lowest BCUT2D eigenvalue weighted by molar-refractivity contribution is -0.0138. The smallest absolute Gasteiger partial charge is 0.122 e. The molecule has 1 aromatic rings. The monoisotopic (exact) mass is 248 g/mol. The van der Waals surface area contributed by atoms with E-state index in [1.807, 2.05) is 7.05 Å². The molecule has 18 heavy (non-hydrogen) atoms. The highest BCUT2D eigenvalue weighted by Gasteiger charge is 2.38. The van der Waals surface area contributed by atoms with E-state index < -0.39 is 0 Å². The molecule has 3 nitrogen and oxygen atoms in total. The van der Waals surface area contributed by atoms with Crippen molar-refractivity contribution < 1.29 is 4.74 Å². The van der Waals surface area contributed by atoms with E-state index in [0.717, 1.165) is 18.7 Å². The number of nitrogens with zero attached hydrogens (tertiary/aromatic N) is 1. The first kappa shape index (κ1) is 13.2. The van der Waals surface area contributed by atoms with Crippen molar-refractivity contribution in [3.8, 4) is 5.75 Å². The van der Waals surface area contributed by atoms with E-state index in [1.165, 1.54) is 24.9 Å². The zero-order valence-electron chi connectivity index (χ0n) is 11.7. The van der Waals surface area contributed by atoms with Crippen molar-refractivity contribution in [1.82, 2.24) is 5.32 Å². The Morgan fingerprint density at radius 1 is 1.33 bits per heavy atom. The second-order valence-electron chi connectivity index (χ2n) is 5.38. The molecule has 2 rings (SSSR count). The molecule has 1 aliphatic rings. The lowest BCUT2D eigenvalue weighted by atomic mass is 9.77. The van der Waals surface area contributed by atoms with Crippen molar-refractivity contribution in [1.29, 1.82) is 0 Å². The predicted octanol–water partition coefficient (Wildman–Crippen LogP) is 2.66. The number of hydrogen-bond donors (Lipinski definition) is 1. The van der Waals surface area contributed by atoms with Gasteiger partial charge in [-0.3, -0.25) is 0 Å². The van der Waals surface area contributed by atoms with Crippen molar-refractivity contribution in [3.05, 3.63) is 24.3 Å². The Labute approximate surface area is 110 Å². The molecule has 3 heteroatoms. The third-order valence-corrected chi connectivity index (χ3v) is 3.76. The molecule has 1 aliphatic carbocycles. The van der Waals surface area contributed by atoms with Crippen molar-refractivity contribution in [2.75, 3.05) is 32.6 Å². The summed E-state index contributed by atoms with van der Waals surface area (Å²) in [6.45, 7) is 1.02. The summed E-state index contributed by atoms with van der Waals surface area (Å²) < 4.78 is 6.26. The minimum absolute atomic E-state index is 0.0773. The Kier molecular flexibility index (Phi) is 4.12. The Morgan fingerprint density at radius 2 is 2.11 bits per heavy atom. The van der Waals surface area contributed by atoms with Crippen LogP contribution in [-0.2, 0) is 0 Å². The van der Waals surface area contributed by atoms with Gasteiger partial charge in [0, 0.05) is 25.8 Å². The minimum atomic E-state index is 0.0773. The second-order valence-corrected chi connectivity index (χ2v) is 5.38. The normalized spacial score (nSPS) is 17.1. The van der Waals surface area contributed by atoms with E-state index in [-0.39, 0.29) is 5.60 Å². The number of hydrogen-bond acceptors (Lipinski definition) is 3. The van der Waals surface area contributed by atoms with Gasteiger partial charge in [0.1, 0.15) is 11.4 Å². The molecular weight excluding hydrogens is 224 g/mol. The molecule has 0 spiro atoms. The molecule has 100 valence electrons. The highest BCUT2D eigenvalue weighted by Crippen LogP contribution is 2.39. The van der Waals surface area contributed by atoms with Gasteiger partial charge in [-0.15, -0.1) is 0 Å². The average molecular weight is 248 g/mol. The maximum atomic E-state index is 6.26. The summed E-state index contributed by atoms with van der Waals surface area (Å²) in [7, 11) is 6.11. The molecule has 0 saturated heterocycles. The van der Waals surface area contributed by atoms with Crippen molar-refractivity contribution in [2.45, 2.75) is 31.3 Å². The number of ether oxygens (including phenoxy) is 1. The summed E-state index contributed by atoms with van der Waals surface area (Å²) >= 11 is 0. The topological polar surface area (TPSA) is 24.5 Å². The highest BCUT2D eigenvalue weighted by atomic mass is 16.5. The Morgan fingerprint density at radius 3 is 2.67 bits per heavy atom. The molecule has 1 N–H and O–H groups in total. The van der Waals surface area contributed by atoms with Crippen LogP contribution in [0.5, 0.6) is 5.75 Å². The molecular formula is C15H24N2O. The van der Waals surface area contributed by atoms with E-state index in [1.54, 1.807) is 0 Å². The van der Waals surface area contributed by atoms with Crippen molar-refractivity contribution in [2.24, 2.45) is 0 Å². The molecule has 1 fully saturated rings. The lowest BCUT2D eigenvalue weighted by Crippen LogP contribution is -2.45. The van der Waals surface area contributed by atoms with Gasteiger partial charge in [0.2, 0.25) is 0 Å². The van der Waals surface area contributed by atoms with Gasteiger partial charge >= 0.3 is 0 Å². The van der Waals surface area contributed by atoms with Gasteiger partial charge in [-0.25, -0.2) is 0 Å². The van der Waals surface area contributed by atoms with Gasteiger partial charge in [0.15, 0.2) is 0 Å². The average Bonchev–Trinajstić information content (AvgIpc) is 2.33. The number of rotatable bonds is 6. The number of nitrogens with one attached hydrogen (secondary N) is 1. The summed E-state index contributed by atoms with van der Waals surface area (Å²) in [5.41, 5.74) is 1.27. The fourth-order valence-corrected chi connectivity index (χ4v) is 2.40. The van der Waals surface area contributed by atoms with E-state index in [2.05, 4.69) is 48.6 Å². The Bertz CT molecular complexity index is 386. The van der Waals surface area contributed by atoms with Crippen LogP contribution in [0.3, 0.4) is 0 Å². The molecule has 0 radical (unpaired) electrons. The van der Waals surface area contributed by atoms with E-state index in [0.29, 0.717) is 0 Å². The molecule has 1 saturated carbocycles. The largest absolute Gasteiger partial charge is 0.487 e. The molecule has 0 heterocycles. The van der Waals surface area contributed by atoms with Gasteiger partial charge in [-0.2, -0.15) is 0 Å². The van der Waals surface area contributed by atoms with Crippen LogP contribution in [0.2, 0.25) is 0 Å². The molecule has 0 aromatic heterocycles. The van der Waals surface area contributed by atoms with Crippen LogP contribution in [0.4, 0.5) is 5.69 Å². The predicted molar refractivity (Wildman–Crippen MR) is 76.5 cm³/mol. The van der Waals surface area contributed by atoms with Gasteiger partial charge in [-0.1, -0.05) is 6.07 Å². The van der Waals surface area contributed by atoms with Crippen LogP contribution in [0.25, 0.3) is 0 Å². The van der Waals surface area contributed by atoms with Crippen LogP contribution < -0.4 is 15.0 Å². The fourth-order valence-electron chi connectivity index (χ4n) is 2.40. The second kappa shape index (κ2) is 5.61. The summed E-state index contributed by atoms with van der Waals surface area (Å²) in [5, 5.41) is 3.22. The SMILES string of the molecule is CNCCC1(Oc2cccc(N(C)C)c2)CCC1. The highest BCUT2D eigenvalue weighted by molar-refractivity contribution is 5.49. The zero-order chi connectivity index (χ0) is 13.0. The fraction of sp³-hybridized carbons (Fsp3) is 0.600. The molecule has 0 atom stereocenters. The Balaban J connectivity index is 2.05. The minimum Gasteiger partial charge on any atom is -0.487 e. The number of benzene rings is 1. The summed E-state index contributed by atoms with van der Waals surface area (Å²) in [6.07, 6.45) is 4.74. The third-order valence-electron chi connectivity index (χ3n) is 3.76.